The zero-order valence-electron chi connectivity index (χ0n) is 12.4. The lowest BCUT2D eigenvalue weighted by atomic mass is 9.81. The van der Waals surface area contributed by atoms with Crippen LogP contribution in [0.25, 0.3) is 0 Å². The van der Waals surface area contributed by atoms with Gasteiger partial charge in [-0.15, -0.1) is 0 Å². The molecule has 0 spiro atoms. The summed E-state index contributed by atoms with van der Waals surface area (Å²) < 4.78 is 0. The smallest absolute Gasteiger partial charge is 0.0359 e. The second-order valence-electron chi connectivity index (χ2n) is 5.78. The molecule has 2 nitrogen and oxygen atoms in total. The van der Waals surface area contributed by atoms with Crippen LogP contribution in [-0.2, 0) is 6.54 Å². The number of hydrogen-bond donors (Lipinski definition) is 1. The number of para-hydroxylation sites is 1. The van der Waals surface area contributed by atoms with Crippen LogP contribution in [0.5, 0.6) is 0 Å². The fraction of sp³-hybridized carbons (Fsp3) is 0.647. The minimum atomic E-state index is 0.753. The first-order chi connectivity index (χ1) is 9.26. The molecule has 2 atom stereocenters. The van der Waals surface area contributed by atoms with E-state index in [2.05, 4.69) is 30.9 Å². The van der Waals surface area contributed by atoms with E-state index in [-0.39, 0.29) is 0 Å². The van der Waals surface area contributed by atoms with Crippen LogP contribution in [0.2, 0.25) is 0 Å². The molecule has 0 bridgehead atoms. The van der Waals surface area contributed by atoms with Gasteiger partial charge in [-0.05, 0) is 36.9 Å². The second kappa shape index (κ2) is 6.95. The van der Waals surface area contributed by atoms with Gasteiger partial charge < -0.3 is 5.73 Å². The first-order valence-corrected chi connectivity index (χ1v) is 7.83. The summed E-state index contributed by atoms with van der Waals surface area (Å²) in [6.07, 6.45) is 6.88. The van der Waals surface area contributed by atoms with Crippen molar-refractivity contribution in [3.63, 3.8) is 0 Å². The van der Waals surface area contributed by atoms with Crippen LogP contribution >= 0.6 is 0 Å². The lowest BCUT2D eigenvalue weighted by Gasteiger charge is -2.39. The zero-order chi connectivity index (χ0) is 13.7. The van der Waals surface area contributed by atoms with Crippen molar-refractivity contribution in [1.82, 2.24) is 4.90 Å². The number of hydrogen-bond acceptors (Lipinski definition) is 2. The van der Waals surface area contributed by atoms with Gasteiger partial charge in [-0.25, -0.2) is 0 Å². The quantitative estimate of drug-likeness (QED) is 0.809. The standard InChI is InChI=1S/C17H28N2/c1-3-14-9-6-8-12-17(14)19(4-2)13-15-10-5-7-11-16(15)18/h5,7,10-11,14,17H,3-4,6,8-9,12-13,18H2,1-2H3. The maximum atomic E-state index is 6.09. The molecule has 2 rings (SSSR count). The molecule has 1 aliphatic rings. The zero-order valence-corrected chi connectivity index (χ0v) is 12.4. The Bertz CT molecular complexity index is 389. The molecule has 2 heteroatoms. The van der Waals surface area contributed by atoms with Gasteiger partial charge in [-0.2, -0.15) is 0 Å². The van der Waals surface area contributed by atoms with Crippen molar-refractivity contribution < 1.29 is 0 Å². The van der Waals surface area contributed by atoms with E-state index < -0.39 is 0 Å². The van der Waals surface area contributed by atoms with Crippen LogP contribution in [0.4, 0.5) is 5.69 Å². The molecule has 0 aliphatic heterocycles. The van der Waals surface area contributed by atoms with Gasteiger partial charge in [0.05, 0.1) is 0 Å². The third kappa shape index (κ3) is 3.50. The number of benzene rings is 1. The Hall–Kier alpha value is -1.02. The minimum Gasteiger partial charge on any atom is -0.398 e. The normalized spacial score (nSPS) is 23.7. The van der Waals surface area contributed by atoms with E-state index in [1.807, 2.05) is 12.1 Å². The topological polar surface area (TPSA) is 29.3 Å². The number of anilines is 1. The summed E-state index contributed by atoms with van der Waals surface area (Å²) >= 11 is 0. The van der Waals surface area contributed by atoms with E-state index in [0.29, 0.717) is 0 Å². The minimum absolute atomic E-state index is 0.753. The average Bonchev–Trinajstić information content (AvgIpc) is 2.46. The highest BCUT2D eigenvalue weighted by Gasteiger charge is 2.28. The SMILES string of the molecule is CCC1CCCCC1N(CC)Cc1ccccc1N. The van der Waals surface area contributed by atoms with Gasteiger partial charge in [0, 0.05) is 18.3 Å². The van der Waals surface area contributed by atoms with E-state index in [1.54, 1.807) is 0 Å². The van der Waals surface area contributed by atoms with Crippen molar-refractivity contribution >= 4 is 5.69 Å². The predicted molar refractivity (Wildman–Crippen MR) is 83.0 cm³/mol. The molecule has 1 aromatic carbocycles. The highest BCUT2D eigenvalue weighted by Crippen LogP contribution is 2.31. The molecular weight excluding hydrogens is 232 g/mol. The summed E-state index contributed by atoms with van der Waals surface area (Å²) in [4.78, 5) is 2.64. The third-order valence-electron chi connectivity index (χ3n) is 4.70. The van der Waals surface area contributed by atoms with Crippen molar-refractivity contribution in [2.45, 2.75) is 58.5 Å². The molecular formula is C17H28N2. The summed E-state index contributed by atoms with van der Waals surface area (Å²) in [5.41, 5.74) is 8.31. The lowest BCUT2D eigenvalue weighted by molar-refractivity contribution is 0.0996. The molecule has 1 fully saturated rings. The van der Waals surface area contributed by atoms with Crippen LogP contribution in [0.3, 0.4) is 0 Å². The van der Waals surface area contributed by atoms with Crippen molar-refractivity contribution in [1.29, 1.82) is 0 Å². The van der Waals surface area contributed by atoms with Crippen LogP contribution in [0.15, 0.2) is 24.3 Å². The maximum Gasteiger partial charge on any atom is 0.0359 e. The highest BCUT2D eigenvalue weighted by molar-refractivity contribution is 5.46. The van der Waals surface area contributed by atoms with E-state index in [9.17, 15) is 0 Å². The molecule has 2 N–H and O–H groups in total. The molecule has 0 radical (unpaired) electrons. The van der Waals surface area contributed by atoms with Crippen molar-refractivity contribution in [3.8, 4) is 0 Å². The lowest BCUT2D eigenvalue weighted by Crippen LogP contribution is -2.41. The second-order valence-corrected chi connectivity index (χ2v) is 5.78. The number of rotatable bonds is 5. The van der Waals surface area contributed by atoms with Gasteiger partial charge in [-0.3, -0.25) is 4.90 Å². The first kappa shape index (κ1) is 14.4. The molecule has 106 valence electrons. The summed E-state index contributed by atoms with van der Waals surface area (Å²) in [5, 5.41) is 0. The maximum absolute atomic E-state index is 6.09. The van der Waals surface area contributed by atoms with Gasteiger partial charge in [-0.1, -0.05) is 51.3 Å². The van der Waals surface area contributed by atoms with Gasteiger partial charge >= 0.3 is 0 Å². The van der Waals surface area contributed by atoms with E-state index >= 15 is 0 Å². The van der Waals surface area contributed by atoms with Crippen molar-refractivity contribution in [2.24, 2.45) is 5.92 Å². The highest BCUT2D eigenvalue weighted by atomic mass is 15.2. The first-order valence-electron chi connectivity index (χ1n) is 7.83. The van der Waals surface area contributed by atoms with Crippen LogP contribution < -0.4 is 5.73 Å². The largest absolute Gasteiger partial charge is 0.398 e. The molecule has 19 heavy (non-hydrogen) atoms. The Morgan fingerprint density at radius 1 is 1.16 bits per heavy atom. The molecule has 1 aromatic rings. The summed E-state index contributed by atoms with van der Waals surface area (Å²) in [6, 6.07) is 9.05. The molecule has 1 saturated carbocycles. The molecule has 2 unspecified atom stereocenters. The predicted octanol–water partition coefficient (Wildman–Crippen LogP) is 4.06. The van der Waals surface area contributed by atoms with Gasteiger partial charge in [0.25, 0.3) is 0 Å². The fourth-order valence-corrected chi connectivity index (χ4v) is 3.51. The van der Waals surface area contributed by atoms with Crippen LogP contribution in [0, 0.1) is 5.92 Å². The Kier molecular flexibility index (Phi) is 5.26. The summed E-state index contributed by atoms with van der Waals surface area (Å²) in [5.74, 6) is 0.874. The van der Waals surface area contributed by atoms with Gasteiger partial charge in [0.1, 0.15) is 0 Å². The van der Waals surface area contributed by atoms with Crippen molar-refractivity contribution in [3.05, 3.63) is 29.8 Å². The molecule has 0 heterocycles. The number of nitrogen functional groups attached to an aromatic ring is 1. The van der Waals surface area contributed by atoms with E-state index in [1.165, 1.54) is 37.7 Å². The number of nitrogens with two attached hydrogens (primary N) is 1. The Morgan fingerprint density at radius 3 is 2.58 bits per heavy atom. The van der Waals surface area contributed by atoms with E-state index in [0.717, 1.165) is 30.7 Å². The monoisotopic (exact) mass is 260 g/mol. The Morgan fingerprint density at radius 2 is 1.89 bits per heavy atom. The van der Waals surface area contributed by atoms with Crippen molar-refractivity contribution in [2.75, 3.05) is 12.3 Å². The third-order valence-corrected chi connectivity index (χ3v) is 4.70. The van der Waals surface area contributed by atoms with Gasteiger partial charge in [0.2, 0.25) is 0 Å². The van der Waals surface area contributed by atoms with Gasteiger partial charge in [0.15, 0.2) is 0 Å². The molecule has 0 saturated heterocycles. The molecule has 0 aromatic heterocycles. The molecule has 0 amide bonds. The number of nitrogens with zero attached hydrogens (tertiary/aromatic N) is 1. The van der Waals surface area contributed by atoms with Crippen LogP contribution in [0.1, 0.15) is 51.5 Å². The molecule has 1 aliphatic carbocycles. The van der Waals surface area contributed by atoms with Crippen LogP contribution in [-0.4, -0.2) is 17.5 Å². The van der Waals surface area contributed by atoms with E-state index in [4.69, 9.17) is 5.73 Å². The summed E-state index contributed by atoms with van der Waals surface area (Å²) in [6.45, 7) is 6.74. The Labute approximate surface area is 118 Å². The Balaban J connectivity index is 2.08. The fourth-order valence-electron chi connectivity index (χ4n) is 3.51. The average molecular weight is 260 g/mol. The summed E-state index contributed by atoms with van der Waals surface area (Å²) in [7, 11) is 0.